The Morgan fingerprint density at radius 1 is 1.04 bits per heavy atom. The highest BCUT2D eigenvalue weighted by molar-refractivity contribution is 6.30. The van der Waals surface area contributed by atoms with Crippen molar-refractivity contribution in [1.82, 2.24) is 5.32 Å². The van der Waals surface area contributed by atoms with Gasteiger partial charge in [0.2, 0.25) is 5.91 Å². The Hall–Kier alpha value is -4.48. The lowest BCUT2D eigenvalue weighted by molar-refractivity contribution is -0.119. The summed E-state index contributed by atoms with van der Waals surface area (Å²) in [5.41, 5.74) is 8.04. The number of aryl methyl sites for hydroxylation is 1. The summed E-state index contributed by atoms with van der Waals surface area (Å²) < 4.78 is 5.62. The number of benzene rings is 3. The van der Waals surface area contributed by atoms with Gasteiger partial charge in [-0.25, -0.2) is 0 Å². The fourth-order valence-corrected chi connectivity index (χ4v) is 7.13. The first-order valence-corrected chi connectivity index (χ1v) is 18.2. The third kappa shape index (κ3) is 10.5. The van der Waals surface area contributed by atoms with Crippen LogP contribution in [0.25, 0.3) is 0 Å². The van der Waals surface area contributed by atoms with Gasteiger partial charge in [0, 0.05) is 29.0 Å². The third-order valence-corrected chi connectivity index (χ3v) is 9.98. The first-order valence-electron chi connectivity index (χ1n) is 17.8. The van der Waals surface area contributed by atoms with Crippen molar-refractivity contribution < 1.29 is 19.1 Å². The van der Waals surface area contributed by atoms with Crippen molar-refractivity contribution in [3.05, 3.63) is 147 Å². The van der Waals surface area contributed by atoms with Gasteiger partial charge in [0.1, 0.15) is 18.1 Å². The van der Waals surface area contributed by atoms with E-state index in [-0.39, 0.29) is 17.7 Å². The quantitative estimate of drug-likeness (QED) is 0.110. The van der Waals surface area contributed by atoms with Crippen LogP contribution in [0.1, 0.15) is 96.8 Å². The Kier molecular flexibility index (Phi) is 13.2. The number of halogens is 1. The molecule has 0 spiro atoms. The highest BCUT2D eigenvalue weighted by atomic mass is 35.5. The largest absolute Gasteiger partial charge is 0.490 e. The molecule has 1 fully saturated rings. The van der Waals surface area contributed by atoms with Crippen LogP contribution in [0.15, 0.2) is 114 Å². The van der Waals surface area contributed by atoms with Crippen LogP contribution in [-0.2, 0) is 22.4 Å². The van der Waals surface area contributed by atoms with Crippen LogP contribution in [-0.4, -0.2) is 30.1 Å². The van der Waals surface area contributed by atoms with Crippen LogP contribution in [0.4, 0.5) is 0 Å². The lowest BCUT2D eigenvalue weighted by Crippen LogP contribution is -2.36. The number of rotatable bonds is 13. The minimum absolute atomic E-state index is 0.243. The maximum atomic E-state index is 13.5. The molecule has 1 amide bonds. The zero-order chi connectivity index (χ0) is 35.5. The van der Waals surface area contributed by atoms with E-state index in [1.165, 1.54) is 28.3 Å². The first kappa shape index (κ1) is 36.8. The van der Waals surface area contributed by atoms with Crippen molar-refractivity contribution in [2.75, 3.05) is 6.61 Å². The number of carbonyl (C=O) groups excluding carboxylic acids is 3. The summed E-state index contributed by atoms with van der Waals surface area (Å²) in [6.07, 6.45) is 16.2. The highest BCUT2D eigenvalue weighted by Gasteiger charge is 2.23. The summed E-state index contributed by atoms with van der Waals surface area (Å²) in [4.78, 5) is 39.1. The minimum Gasteiger partial charge on any atom is -0.490 e. The summed E-state index contributed by atoms with van der Waals surface area (Å²) in [5, 5.41) is 3.87. The molecule has 3 aromatic carbocycles. The zero-order valence-corrected chi connectivity index (χ0v) is 30.1. The lowest BCUT2D eigenvalue weighted by atomic mass is 9.78. The zero-order valence-electron chi connectivity index (χ0n) is 29.3. The van der Waals surface area contributed by atoms with Gasteiger partial charge >= 0.3 is 0 Å². The molecule has 1 N–H and O–H groups in total. The van der Waals surface area contributed by atoms with Crippen molar-refractivity contribution >= 4 is 29.1 Å². The van der Waals surface area contributed by atoms with Crippen molar-refractivity contribution in [1.29, 1.82) is 0 Å². The van der Waals surface area contributed by atoms with E-state index in [1.54, 1.807) is 19.1 Å². The van der Waals surface area contributed by atoms with E-state index in [2.05, 4.69) is 48.3 Å². The van der Waals surface area contributed by atoms with Crippen LogP contribution in [0, 0.1) is 6.92 Å². The molecule has 5 nitrogen and oxygen atoms in total. The van der Waals surface area contributed by atoms with Gasteiger partial charge in [-0.3, -0.25) is 14.4 Å². The average Bonchev–Trinajstić information content (AvgIpc) is 3.32. The van der Waals surface area contributed by atoms with Gasteiger partial charge in [-0.2, -0.15) is 0 Å². The van der Waals surface area contributed by atoms with Crippen LogP contribution in [0.3, 0.4) is 0 Å². The Morgan fingerprint density at radius 2 is 1.80 bits per heavy atom. The number of Topliss-reactive ketones (excluding diaryl/α,β-unsaturated/α-hetero) is 1. The van der Waals surface area contributed by atoms with Crippen molar-refractivity contribution in [3.63, 3.8) is 0 Å². The van der Waals surface area contributed by atoms with Crippen molar-refractivity contribution in [3.8, 4) is 5.75 Å². The molecule has 5 rings (SSSR count). The normalized spacial score (nSPS) is 17.3. The molecule has 0 bridgehead atoms. The number of hydrogen-bond acceptors (Lipinski definition) is 4. The summed E-state index contributed by atoms with van der Waals surface area (Å²) in [7, 11) is 0. The maximum Gasteiger partial charge on any atom is 0.247 e. The molecule has 3 aromatic rings. The maximum absolute atomic E-state index is 13.5. The second-order valence-electron chi connectivity index (χ2n) is 13.6. The predicted molar refractivity (Wildman–Crippen MR) is 203 cm³/mol. The molecule has 1 saturated carbocycles. The van der Waals surface area contributed by atoms with E-state index in [0.29, 0.717) is 59.5 Å². The van der Waals surface area contributed by atoms with Gasteiger partial charge in [0.15, 0.2) is 5.78 Å². The molecule has 2 aliphatic carbocycles. The van der Waals surface area contributed by atoms with Gasteiger partial charge in [-0.05, 0) is 124 Å². The molecule has 0 saturated heterocycles. The monoisotopic (exact) mass is 689 g/mol. The number of amides is 1. The molecule has 2 aliphatic rings. The molecule has 0 aromatic heterocycles. The minimum atomic E-state index is -0.278. The Balaban J connectivity index is 1.28. The number of carbonyl (C=O) groups is 3. The summed E-state index contributed by atoms with van der Waals surface area (Å²) in [5.74, 6) is 0.865. The molecule has 0 radical (unpaired) electrons. The summed E-state index contributed by atoms with van der Waals surface area (Å²) in [6, 6.07) is 21.6. The molecular formula is C44H48ClNO4. The second-order valence-corrected chi connectivity index (χ2v) is 14.1. The Bertz CT molecular complexity index is 1790. The number of ketones is 2. The van der Waals surface area contributed by atoms with Crippen molar-refractivity contribution in [2.45, 2.75) is 90.0 Å². The Morgan fingerprint density at radius 3 is 2.56 bits per heavy atom. The molecule has 260 valence electrons. The van der Waals surface area contributed by atoms with E-state index >= 15 is 0 Å². The molecular weight excluding hydrogens is 642 g/mol. The van der Waals surface area contributed by atoms with Crippen LogP contribution in [0.5, 0.6) is 5.75 Å². The van der Waals surface area contributed by atoms with E-state index in [4.69, 9.17) is 16.3 Å². The fourth-order valence-electron chi connectivity index (χ4n) is 7.00. The molecule has 1 atom stereocenters. The predicted octanol–water partition coefficient (Wildman–Crippen LogP) is 9.97. The average molecular weight is 690 g/mol. The van der Waals surface area contributed by atoms with Gasteiger partial charge in [0.05, 0.1) is 6.04 Å². The van der Waals surface area contributed by atoms with E-state index in [0.717, 1.165) is 56.1 Å². The fraction of sp³-hybridized carbons (Fsp3) is 0.341. The van der Waals surface area contributed by atoms with Crippen molar-refractivity contribution in [2.24, 2.45) is 0 Å². The smallest absolute Gasteiger partial charge is 0.247 e. The summed E-state index contributed by atoms with van der Waals surface area (Å²) in [6.45, 7) is 7.56. The molecule has 0 unspecified atom stereocenters. The topological polar surface area (TPSA) is 72.5 Å². The molecule has 0 heterocycles. The summed E-state index contributed by atoms with van der Waals surface area (Å²) >= 11 is 6.17. The number of nitrogens with one attached hydrogen (secondary N) is 1. The second kappa shape index (κ2) is 18.0. The third-order valence-electron chi connectivity index (χ3n) is 9.73. The molecule has 6 heteroatoms. The van der Waals surface area contributed by atoms with E-state index in [1.807, 2.05) is 43.3 Å². The van der Waals surface area contributed by atoms with Gasteiger partial charge in [0.25, 0.3) is 0 Å². The Labute approximate surface area is 302 Å². The van der Waals surface area contributed by atoms with Crippen LogP contribution in [0.2, 0.25) is 5.02 Å². The number of hydrogen-bond donors (Lipinski definition) is 1. The van der Waals surface area contributed by atoms with Crippen LogP contribution < -0.4 is 10.1 Å². The van der Waals surface area contributed by atoms with Gasteiger partial charge < -0.3 is 10.1 Å². The van der Waals surface area contributed by atoms with Gasteiger partial charge in [-0.15, -0.1) is 0 Å². The lowest BCUT2D eigenvalue weighted by Gasteiger charge is -2.28. The first-order chi connectivity index (χ1) is 24.2. The van der Waals surface area contributed by atoms with E-state index < -0.39 is 0 Å². The molecule has 50 heavy (non-hydrogen) atoms. The van der Waals surface area contributed by atoms with Crippen LogP contribution >= 0.6 is 11.6 Å². The SMILES string of the molecule is C=CCOc1ccc(C)c(C(=O)/C=C(\C)C(=O)N[C@@H](C=C2CCC(c3ccccc3CC3=CCCCC(=O)C3)CC2)Cc2ccc(Cl)cc2)c1. The standard InChI is InChI=1S/C44H48ClNO4/c1-4-23-50-40-22-13-30(2)42(29-40)43(48)24-31(3)44(49)46-38(27-33-16-20-37(45)21-17-33)26-32-14-18-35(19-15-32)41-12-8-6-10-36(41)25-34-9-5-7-11-39(47)28-34/h4,6,8-10,12-13,16-17,20-22,24,26,29,35,38H,1,5,7,11,14-15,18-19,23,25,27-28H2,2-3H3,(H,46,49)/b31-24+,32-26?/t35?,38-/m0/s1. The van der Waals surface area contributed by atoms with Gasteiger partial charge in [-0.1, -0.05) is 90.0 Å². The number of allylic oxidation sites excluding steroid dienone is 4. The number of ether oxygens (including phenoxy) is 1. The van der Waals surface area contributed by atoms with E-state index in [9.17, 15) is 14.4 Å². The molecule has 0 aliphatic heterocycles. The highest BCUT2D eigenvalue weighted by Crippen LogP contribution is 2.38.